The predicted molar refractivity (Wildman–Crippen MR) is 47.3 cm³/mol. The molecule has 2 nitrogen and oxygen atoms in total. The molecule has 2 rings (SSSR count). The molecule has 2 atom stereocenters. The number of rotatable bonds is 0. The highest BCUT2D eigenvalue weighted by Crippen LogP contribution is 2.21. The zero-order chi connectivity index (χ0) is 5.56. The topological polar surface area (TPSA) is 15.3 Å². The highest BCUT2D eigenvalue weighted by atomic mass is 35.5. The second-order valence-electron chi connectivity index (χ2n) is 3.00. The summed E-state index contributed by atoms with van der Waals surface area (Å²) in [6.07, 6.45) is 0. The lowest BCUT2D eigenvalue weighted by Gasteiger charge is -2.30. The van der Waals surface area contributed by atoms with Gasteiger partial charge in [0.05, 0.1) is 0 Å². The van der Waals surface area contributed by atoms with E-state index in [1.165, 1.54) is 19.6 Å². The van der Waals surface area contributed by atoms with Crippen molar-refractivity contribution >= 4 is 24.8 Å². The molecule has 0 aliphatic carbocycles. The molecular formula is C6H14Cl2N2. The first kappa shape index (κ1) is 10.5. The van der Waals surface area contributed by atoms with E-state index in [1.807, 2.05) is 0 Å². The number of hydrogen-bond donors (Lipinski definition) is 1. The molecule has 62 valence electrons. The van der Waals surface area contributed by atoms with Gasteiger partial charge in [-0.1, -0.05) is 0 Å². The van der Waals surface area contributed by atoms with Gasteiger partial charge in [-0.2, -0.15) is 0 Å². The van der Waals surface area contributed by atoms with Crippen molar-refractivity contribution in [3.05, 3.63) is 0 Å². The molecule has 2 saturated heterocycles. The largest absolute Gasteiger partial charge is 0.312 e. The van der Waals surface area contributed by atoms with E-state index in [0.29, 0.717) is 0 Å². The Kier molecular flexibility index (Phi) is 3.95. The molecule has 0 aromatic heterocycles. The molecule has 2 fully saturated rings. The zero-order valence-electron chi connectivity index (χ0n) is 6.04. The third-order valence-electron chi connectivity index (χ3n) is 2.27. The maximum absolute atomic E-state index is 3.40. The fraction of sp³-hybridized carbons (Fsp3) is 1.00. The van der Waals surface area contributed by atoms with Crippen LogP contribution in [0, 0.1) is 5.92 Å². The van der Waals surface area contributed by atoms with E-state index in [2.05, 4.69) is 17.3 Å². The Labute approximate surface area is 74.2 Å². The van der Waals surface area contributed by atoms with E-state index >= 15 is 0 Å². The van der Waals surface area contributed by atoms with Gasteiger partial charge >= 0.3 is 0 Å². The van der Waals surface area contributed by atoms with Crippen LogP contribution >= 0.6 is 24.8 Å². The fourth-order valence-electron chi connectivity index (χ4n) is 1.67. The summed E-state index contributed by atoms with van der Waals surface area (Å²) in [5.74, 6) is 0.986. The minimum absolute atomic E-state index is 0. The van der Waals surface area contributed by atoms with Crippen molar-refractivity contribution in [2.75, 3.05) is 26.7 Å². The number of nitrogens with zero attached hydrogens (tertiary/aromatic N) is 1. The predicted octanol–water partition coefficient (Wildman–Crippen LogP) is 0.363. The minimum Gasteiger partial charge on any atom is -0.312 e. The summed E-state index contributed by atoms with van der Waals surface area (Å²) in [4.78, 5) is 2.40. The van der Waals surface area contributed by atoms with E-state index in [1.54, 1.807) is 0 Å². The summed E-state index contributed by atoms with van der Waals surface area (Å²) < 4.78 is 0. The van der Waals surface area contributed by atoms with Crippen molar-refractivity contribution in [1.82, 2.24) is 10.2 Å². The Morgan fingerprint density at radius 3 is 2.20 bits per heavy atom. The van der Waals surface area contributed by atoms with Crippen LogP contribution in [0.3, 0.4) is 0 Å². The molecule has 1 N–H and O–H groups in total. The first-order valence-electron chi connectivity index (χ1n) is 3.28. The quantitative estimate of drug-likeness (QED) is 0.586. The average Bonchev–Trinajstić information content (AvgIpc) is 1.91. The number of likely N-dealkylation sites (N-methyl/N-ethyl adjacent to an activating group) is 1. The summed E-state index contributed by atoms with van der Waals surface area (Å²) >= 11 is 0. The van der Waals surface area contributed by atoms with Crippen LogP contribution < -0.4 is 5.32 Å². The molecule has 2 heterocycles. The smallest absolute Gasteiger partial charge is 0.0247 e. The first-order chi connectivity index (χ1) is 3.86. The van der Waals surface area contributed by atoms with Crippen LogP contribution in [-0.2, 0) is 0 Å². The van der Waals surface area contributed by atoms with E-state index < -0.39 is 0 Å². The molecule has 2 aliphatic heterocycles. The van der Waals surface area contributed by atoms with Crippen molar-refractivity contribution in [2.24, 2.45) is 5.92 Å². The van der Waals surface area contributed by atoms with Gasteiger partial charge in [0, 0.05) is 31.6 Å². The molecule has 10 heavy (non-hydrogen) atoms. The van der Waals surface area contributed by atoms with Crippen LogP contribution in [0.5, 0.6) is 0 Å². The molecule has 0 bridgehead atoms. The van der Waals surface area contributed by atoms with Crippen LogP contribution in [-0.4, -0.2) is 37.6 Å². The van der Waals surface area contributed by atoms with Gasteiger partial charge in [0.1, 0.15) is 0 Å². The Balaban J connectivity index is 0.000000405. The molecule has 2 aliphatic rings. The van der Waals surface area contributed by atoms with Crippen molar-refractivity contribution in [2.45, 2.75) is 6.04 Å². The summed E-state index contributed by atoms with van der Waals surface area (Å²) in [5, 5.41) is 3.40. The van der Waals surface area contributed by atoms with Crippen molar-refractivity contribution in [1.29, 1.82) is 0 Å². The van der Waals surface area contributed by atoms with E-state index in [0.717, 1.165) is 12.0 Å². The minimum atomic E-state index is 0. The first-order valence-corrected chi connectivity index (χ1v) is 3.28. The Morgan fingerprint density at radius 2 is 2.00 bits per heavy atom. The standard InChI is InChI=1S/C6H12N2.2ClH/c1-8-3-5-2-7-6(5)4-8;;/h5-7H,2-4H2,1H3;2*1H. The molecule has 2 unspecified atom stereocenters. The van der Waals surface area contributed by atoms with Gasteiger partial charge in [-0.3, -0.25) is 0 Å². The Hall–Kier alpha value is 0.500. The van der Waals surface area contributed by atoms with E-state index in [9.17, 15) is 0 Å². The second kappa shape index (κ2) is 3.77. The van der Waals surface area contributed by atoms with E-state index in [4.69, 9.17) is 0 Å². The van der Waals surface area contributed by atoms with E-state index in [-0.39, 0.29) is 24.8 Å². The summed E-state index contributed by atoms with van der Waals surface area (Å²) in [5.41, 5.74) is 0. The number of nitrogens with one attached hydrogen (secondary N) is 1. The maximum atomic E-state index is 3.40. The lowest BCUT2D eigenvalue weighted by atomic mass is 9.96. The van der Waals surface area contributed by atoms with Crippen molar-refractivity contribution < 1.29 is 0 Å². The molecule has 0 aromatic carbocycles. The molecular weight excluding hydrogens is 171 g/mol. The lowest BCUT2D eigenvalue weighted by Crippen LogP contribution is -2.51. The Bertz CT molecular complexity index is 97.9. The van der Waals surface area contributed by atoms with Gasteiger partial charge in [0.2, 0.25) is 0 Å². The SMILES string of the molecule is CN1CC2CNC2C1.Cl.Cl. The van der Waals surface area contributed by atoms with Crippen molar-refractivity contribution in [3.8, 4) is 0 Å². The lowest BCUT2D eigenvalue weighted by molar-refractivity contribution is 0.297. The van der Waals surface area contributed by atoms with Gasteiger partial charge in [-0.05, 0) is 7.05 Å². The molecule has 0 radical (unpaired) electrons. The number of likely N-dealkylation sites (tertiary alicyclic amines) is 1. The summed E-state index contributed by atoms with van der Waals surface area (Å²) in [7, 11) is 2.19. The fourth-order valence-corrected chi connectivity index (χ4v) is 1.67. The third-order valence-corrected chi connectivity index (χ3v) is 2.27. The highest BCUT2D eigenvalue weighted by molar-refractivity contribution is 5.85. The zero-order valence-corrected chi connectivity index (χ0v) is 7.67. The van der Waals surface area contributed by atoms with Gasteiger partial charge in [0.15, 0.2) is 0 Å². The van der Waals surface area contributed by atoms with Gasteiger partial charge in [0.25, 0.3) is 0 Å². The van der Waals surface area contributed by atoms with Gasteiger partial charge in [-0.25, -0.2) is 0 Å². The summed E-state index contributed by atoms with van der Waals surface area (Å²) in [6, 6.07) is 0.847. The van der Waals surface area contributed by atoms with Gasteiger partial charge in [-0.15, -0.1) is 24.8 Å². The van der Waals surface area contributed by atoms with Crippen LogP contribution in [0.4, 0.5) is 0 Å². The molecule has 0 spiro atoms. The van der Waals surface area contributed by atoms with Crippen LogP contribution in [0.25, 0.3) is 0 Å². The Morgan fingerprint density at radius 1 is 1.30 bits per heavy atom. The van der Waals surface area contributed by atoms with Gasteiger partial charge < -0.3 is 10.2 Å². The average molecular weight is 185 g/mol. The normalized spacial score (nSPS) is 36.9. The van der Waals surface area contributed by atoms with Crippen LogP contribution in [0.2, 0.25) is 0 Å². The molecule has 4 heteroatoms. The summed E-state index contributed by atoms with van der Waals surface area (Å²) in [6.45, 7) is 3.84. The molecule has 0 aromatic rings. The number of hydrogen-bond acceptors (Lipinski definition) is 2. The molecule has 0 amide bonds. The van der Waals surface area contributed by atoms with Crippen LogP contribution in [0.15, 0.2) is 0 Å². The maximum Gasteiger partial charge on any atom is 0.0247 e. The highest BCUT2D eigenvalue weighted by Gasteiger charge is 2.36. The number of fused-ring (bicyclic) bond motifs is 1. The van der Waals surface area contributed by atoms with Crippen molar-refractivity contribution in [3.63, 3.8) is 0 Å². The monoisotopic (exact) mass is 184 g/mol. The molecule has 0 saturated carbocycles. The second-order valence-corrected chi connectivity index (χ2v) is 3.00. The number of halogens is 2. The van der Waals surface area contributed by atoms with Crippen LogP contribution in [0.1, 0.15) is 0 Å². The third kappa shape index (κ3) is 1.56.